The van der Waals surface area contributed by atoms with Gasteiger partial charge in [0.15, 0.2) is 11.5 Å². The molecule has 6 nitrogen and oxygen atoms in total. The minimum absolute atomic E-state index is 0.115. The first-order chi connectivity index (χ1) is 17.0. The third-order valence-electron chi connectivity index (χ3n) is 6.54. The number of aryl methyl sites for hydroxylation is 1. The molecule has 0 radical (unpaired) electrons. The van der Waals surface area contributed by atoms with Crippen LogP contribution in [0, 0.1) is 12.7 Å². The second-order valence-corrected chi connectivity index (χ2v) is 9.27. The zero-order valence-corrected chi connectivity index (χ0v) is 20.9. The van der Waals surface area contributed by atoms with Gasteiger partial charge in [-0.1, -0.05) is 12.1 Å². The summed E-state index contributed by atoms with van der Waals surface area (Å²) in [7, 11) is 3.62. The largest absolute Gasteiger partial charge is 0.493 e. The molecule has 0 spiro atoms. The molecule has 0 saturated heterocycles. The maximum absolute atomic E-state index is 14.7. The molecule has 1 aliphatic rings. The number of ether oxygens (including phenoxy) is 2. The zero-order valence-electron chi connectivity index (χ0n) is 20.9. The summed E-state index contributed by atoms with van der Waals surface area (Å²) in [5, 5.41) is 3.65. The van der Waals surface area contributed by atoms with E-state index in [0.717, 1.165) is 6.07 Å². The van der Waals surface area contributed by atoms with E-state index < -0.39 is 23.6 Å². The Balaban J connectivity index is 1.65. The SMILES string of the molecule is COc1cc2nc(C)nc(N[C@H](C)c3cccc(C(F)(F)F)c3F)c2cc1OC[C@H](C)N(C)C1CC1. The first kappa shape index (κ1) is 25.9. The molecule has 0 amide bonds. The van der Waals surface area contributed by atoms with Gasteiger partial charge in [0.25, 0.3) is 0 Å². The van der Waals surface area contributed by atoms with Gasteiger partial charge in [-0.15, -0.1) is 0 Å². The molecule has 1 aromatic heterocycles. The number of alkyl halides is 3. The van der Waals surface area contributed by atoms with Gasteiger partial charge < -0.3 is 14.8 Å². The molecule has 0 unspecified atom stereocenters. The molecule has 0 aliphatic heterocycles. The van der Waals surface area contributed by atoms with E-state index in [-0.39, 0.29) is 11.6 Å². The molecule has 1 aliphatic carbocycles. The number of rotatable bonds is 9. The van der Waals surface area contributed by atoms with Crippen LogP contribution in [0.3, 0.4) is 0 Å². The van der Waals surface area contributed by atoms with E-state index in [4.69, 9.17) is 9.47 Å². The van der Waals surface area contributed by atoms with Crippen molar-refractivity contribution in [2.24, 2.45) is 0 Å². The van der Waals surface area contributed by atoms with E-state index in [0.29, 0.717) is 46.7 Å². The molecule has 1 saturated carbocycles. The number of methoxy groups -OCH3 is 1. The standard InChI is InChI=1S/C26H30F4N4O2/c1-14(34(4)17-9-10-17)13-36-23-11-19-21(12-22(23)35-5)32-16(3)33-25(19)31-15(2)18-7-6-8-20(24(18)27)26(28,29)30/h6-8,11-12,14-15,17H,9-10,13H2,1-5H3,(H,31,32,33)/t14-,15+/m0/s1. The van der Waals surface area contributed by atoms with Crippen molar-refractivity contribution in [1.82, 2.24) is 14.9 Å². The van der Waals surface area contributed by atoms with Crippen LogP contribution in [0.2, 0.25) is 0 Å². The molecule has 3 aromatic rings. The number of nitrogens with one attached hydrogen (secondary N) is 1. The number of halogens is 4. The molecule has 2 atom stereocenters. The number of likely N-dealkylation sites (N-methyl/N-ethyl adjacent to an activating group) is 1. The minimum Gasteiger partial charge on any atom is -0.493 e. The first-order valence-electron chi connectivity index (χ1n) is 11.8. The van der Waals surface area contributed by atoms with Gasteiger partial charge in [-0.25, -0.2) is 14.4 Å². The van der Waals surface area contributed by atoms with E-state index in [2.05, 4.69) is 34.2 Å². The van der Waals surface area contributed by atoms with Gasteiger partial charge in [0.1, 0.15) is 24.1 Å². The van der Waals surface area contributed by atoms with Crippen molar-refractivity contribution >= 4 is 16.7 Å². The lowest BCUT2D eigenvalue weighted by Gasteiger charge is -2.25. The third-order valence-corrected chi connectivity index (χ3v) is 6.54. The Hall–Kier alpha value is -3.14. The maximum atomic E-state index is 14.7. The predicted molar refractivity (Wildman–Crippen MR) is 130 cm³/mol. The molecule has 194 valence electrons. The van der Waals surface area contributed by atoms with E-state index in [1.165, 1.54) is 25.0 Å². The quantitative estimate of drug-likeness (QED) is 0.352. The van der Waals surface area contributed by atoms with E-state index in [9.17, 15) is 17.6 Å². The lowest BCUT2D eigenvalue weighted by Crippen LogP contribution is -2.35. The molecule has 0 bridgehead atoms. The van der Waals surface area contributed by atoms with Crippen LogP contribution in [0.1, 0.15) is 49.7 Å². The van der Waals surface area contributed by atoms with E-state index in [1.807, 2.05) is 0 Å². The number of nitrogens with zero attached hydrogens (tertiary/aromatic N) is 3. The second-order valence-electron chi connectivity index (χ2n) is 9.27. The van der Waals surface area contributed by atoms with Gasteiger partial charge in [0, 0.05) is 29.1 Å². The van der Waals surface area contributed by atoms with Crippen molar-refractivity contribution in [3.8, 4) is 11.5 Å². The summed E-state index contributed by atoms with van der Waals surface area (Å²) in [6, 6.07) is 6.70. The Bertz CT molecular complexity index is 1250. The van der Waals surface area contributed by atoms with Crippen LogP contribution in [0.15, 0.2) is 30.3 Å². The highest BCUT2D eigenvalue weighted by Gasteiger charge is 2.35. The zero-order chi connectivity index (χ0) is 26.2. The lowest BCUT2D eigenvalue weighted by molar-refractivity contribution is -0.140. The van der Waals surface area contributed by atoms with Crippen molar-refractivity contribution in [2.75, 3.05) is 26.1 Å². The van der Waals surface area contributed by atoms with Gasteiger partial charge in [-0.05, 0) is 52.8 Å². The molecule has 1 fully saturated rings. The van der Waals surface area contributed by atoms with Crippen LogP contribution < -0.4 is 14.8 Å². The fraction of sp³-hybridized carbons (Fsp3) is 0.462. The summed E-state index contributed by atoms with van der Waals surface area (Å²) in [6.07, 6.45) is -2.40. The molecular formula is C26H30F4N4O2. The average molecular weight is 507 g/mol. The number of benzene rings is 2. The Morgan fingerprint density at radius 3 is 2.50 bits per heavy atom. The third kappa shape index (κ3) is 5.48. The topological polar surface area (TPSA) is 59.5 Å². The molecular weight excluding hydrogens is 476 g/mol. The van der Waals surface area contributed by atoms with Crippen LogP contribution in [0.25, 0.3) is 10.9 Å². The number of aromatic nitrogens is 2. The summed E-state index contributed by atoms with van der Waals surface area (Å²) in [6.45, 7) is 5.82. The number of hydrogen-bond donors (Lipinski definition) is 1. The fourth-order valence-corrected chi connectivity index (χ4v) is 4.19. The summed E-state index contributed by atoms with van der Waals surface area (Å²) in [5.41, 5.74) is -0.853. The highest BCUT2D eigenvalue weighted by molar-refractivity contribution is 5.92. The Labute approximate surface area is 207 Å². The average Bonchev–Trinajstić information content (AvgIpc) is 3.66. The fourth-order valence-electron chi connectivity index (χ4n) is 4.19. The summed E-state index contributed by atoms with van der Waals surface area (Å²) in [5.74, 6) is 0.494. The Morgan fingerprint density at radius 1 is 1.14 bits per heavy atom. The smallest absolute Gasteiger partial charge is 0.419 e. The molecule has 36 heavy (non-hydrogen) atoms. The minimum atomic E-state index is -4.79. The molecule has 4 rings (SSSR count). The van der Waals surface area contributed by atoms with E-state index >= 15 is 0 Å². The predicted octanol–water partition coefficient (Wildman–Crippen LogP) is 6.14. The lowest BCUT2D eigenvalue weighted by atomic mass is 10.0. The molecule has 2 aromatic carbocycles. The monoisotopic (exact) mass is 506 g/mol. The van der Waals surface area contributed by atoms with E-state index in [1.54, 1.807) is 33.1 Å². The highest BCUT2D eigenvalue weighted by atomic mass is 19.4. The second kappa shape index (κ2) is 10.1. The Kier molecular flexibility index (Phi) is 7.26. The van der Waals surface area contributed by atoms with Gasteiger partial charge >= 0.3 is 6.18 Å². The number of hydrogen-bond acceptors (Lipinski definition) is 6. The van der Waals surface area contributed by atoms with Crippen LogP contribution in [-0.4, -0.2) is 47.7 Å². The summed E-state index contributed by atoms with van der Waals surface area (Å²) >= 11 is 0. The summed E-state index contributed by atoms with van der Waals surface area (Å²) in [4.78, 5) is 11.2. The van der Waals surface area contributed by atoms with Gasteiger partial charge in [-0.2, -0.15) is 13.2 Å². The van der Waals surface area contributed by atoms with Gasteiger partial charge in [-0.3, -0.25) is 4.90 Å². The van der Waals surface area contributed by atoms with Crippen molar-refractivity contribution in [3.63, 3.8) is 0 Å². The van der Waals surface area contributed by atoms with Gasteiger partial charge in [0.2, 0.25) is 0 Å². The van der Waals surface area contributed by atoms with Crippen LogP contribution in [0.5, 0.6) is 11.5 Å². The van der Waals surface area contributed by atoms with Crippen molar-refractivity contribution in [2.45, 2.75) is 57.9 Å². The Morgan fingerprint density at radius 2 is 1.86 bits per heavy atom. The number of anilines is 1. The van der Waals surface area contributed by atoms with Crippen molar-refractivity contribution in [1.29, 1.82) is 0 Å². The van der Waals surface area contributed by atoms with Crippen molar-refractivity contribution < 1.29 is 27.0 Å². The molecule has 1 heterocycles. The van der Waals surface area contributed by atoms with Crippen LogP contribution in [0.4, 0.5) is 23.4 Å². The van der Waals surface area contributed by atoms with Crippen LogP contribution in [-0.2, 0) is 6.18 Å². The molecule has 1 N–H and O–H groups in total. The number of fused-ring (bicyclic) bond motifs is 1. The van der Waals surface area contributed by atoms with Gasteiger partial charge in [0.05, 0.1) is 24.2 Å². The summed E-state index contributed by atoms with van der Waals surface area (Å²) < 4.78 is 66.0. The normalized spacial score (nSPS) is 15.7. The first-order valence-corrected chi connectivity index (χ1v) is 11.8. The van der Waals surface area contributed by atoms with Crippen LogP contribution >= 0.6 is 0 Å². The maximum Gasteiger partial charge on any atom is 0.419 e. The van der Waals surface area contributed by atoms with Crippen molar-refractivity contribution in [3.05, 3.63) is 53.1 Å². The highest BCUT2D eigenvalue weighted by Crippen LogP contribution is 2.37. The molecule has 10 heteroatoms.